The fraction of sp³-hybridized carbons (Fsp3) is 0.273. The van der Waals surface area contributed by atoms with E-state index >= 15 is 0 Å². The average molecular weight is 292 g/mol. The molecule has 7 heteroatoms. The smallest absolute Gasteiger partial charge is 0.325 e. The van der Waals surface area contributed by atoms with Crippen molar-refractivity contribution in [3.05, 3.63) is 27.7 Å². The number of ether oxygens (including phenoxy) is 1. The molecule has 0 saturated carbocycles. The lowest BCUT2D eigenvalue weighted by molar-refractivity contribution is -0.138. The van der Waals surface area contributed by atoms with E-state index in [0.29, 0.717) is 0 Å². The first kappa shape index (κ1) is 14.6. The van der Waals surface area contributed by atoms with Crippen LogP contribution in [0.25, 0.3) is 0 Å². The van der Waals surface area contributed by atoms with E-state index in [0.717, 1.165) is 0 Å². The van der Waals surface area contributed by atoms with Crippen molar-refractivity contribution in [1.29, 1.82) is 0 Å². The molecule has 0 fully saturated rings. The van der Waals surface area contributed by atoms with Crippen LogP contribution >= 0.6 is 23.2 Å². The maximum Gasteiger partial charge on any atom is 0.325 e. The van der Waals surface area contributed by atoms with Crippen molar-refractivity contribution in [1.82, 2.24) is 5.32 Å². The van der Waals surface area contributed by atoms with Crippen molar-refractivity contribution in [3.63, 3.8) is 0 Å². The summed E-state index contributed by atoms with van der Waals surface area (Å²) in [6.07, 6.45) is 0. The van der Waals surface area contributed by atoms with Crippen molar-refractivity contribution < 1.29 is 19.4 Å². The van der Waals surface area contributed by atoms with Gasteiger partial charge in [0.2, 0.25) is 0 Å². The molecule has 1 aromatic carbocycles. The number of benzene rings is 1. The molecule has 1 amide bonds. The normalized spacial score (nSPS) is 11.8. The molecule has 5 nitrogen and oxygen atoms in total. The van der Waals surface area contributed by atoms with Gasteiger partial charge in [-0.1, -0.05) is 23.2 Å². The summed E-state index contributed by atoms with van der Waals surface area (Å²) in [5, 5.41) is 11.4. The molecular weight excluding hydrogens is 281 g/mol. The molecule has 98 valence electrons. The van der Waals surface area contributed by atoms with Crippen LogP contribution in [0.1, 0.15) is 17.3 Å². The molecule has 0 aromatic heterocycles. The Labute approximate surface area is 114 Å². The Bertz CT molecular complexity index is 490. The van der Waals surface area contributed by atoms with Crippen LogP contribution in [0.15, 0.2) is 12.1 Å². The van der Waals surface area contributed by atoms with Crippen molar-refractivity contribution >= 4 is 35.1 Å². The van der Waals surface area contributed by atoms with Gasteiger partial charge < -0.3 is 15.2 Å². The molecule has 0 heterocycles. The minimum atomic E-state index is -1.14. The van der Waals surface area contributed by atoms with Gasteiger partial charge in [0.15, 0.2) is 0 Å². The third kappa shape index (κ3) is 3.27. The predicted molar refractivity (Wildman–Crippen MR) is 67.6 cm³/mol. The Kier molecular flexibility index (Phi) is 4.81. The highest BCUT2D eigenvalue weighted by Crippen LogP contribution is 2.30. The van der Waals surface area contributed by atoms with Gasteiger partial charge in [0.05, 0.1) is 22.7 Å². The average Bonchev–Trinajstić information content (AvgIpc) is 2.31. The Morgan fingerprint density at radius 1 is 1.33 bits per heavy atom. The van der Waals surface area contributed by atoms with Crippen LogP contribution in [-0.4, -0.2) is 30.1 Å². The number of rotatable bonds is 4. The van der Waals surface area contributed by atoms with Gasteiger partial charge in [-0.15, -0.1) is 0 Å². The first-order chi connectivity index (χ1) is 8.36. The highest BCUT2D eigenvalue weighted by Gasteiger charge is 2.19. The SMILES string of the molecule is COc1cc(Cl)c(Cl)cc1C(=O)NC(C)C(=O)O. The second-order valence-corrected chi connectivity index (χ2v) is 4.31. The molecule has 1 aromatic rings. The third-order valence-corrected chi connectivity index (χ3v) is 2.93. The van der Waals surface area contributed by atoms with E-state index in [1.54, 1.807) is 0 Å². The summed E-state index contributed by atoms with van der Waals surface area (Å²) in [6.45, 7) is 1.35. The first-order valence-electron chi connectivity index (χ1n) is 4.93. The molecule has 0 radical (unpaired) electrons. The molecule has 0 bridgehead atoms. The minimum absolute atomic E-state index is 0.125. The standard InChI is InChI=1S/C11H11Cl2NO4/c1-5(11(16)17)14-10(15)6-3-7(12)8(13)4-9(6)18-2/h3-5H,1-2H3,(H,14,15)(H,16,17). The maximum absolute atomic E-state index is 11.8. The van der Waals surface area contributed by atoms with Gasteiger partial charge in [0.1, 0.15) is 11.8 Å². The van der Waals surface area contributed by atoms with E-state index in [-0.39, 0.29) is 21.4 Å². The fourth-order valence-electron chi connectivity index (χ4n) is 1.21. The molecule has 0 aliphatic rings. The number of hydrogen-bond donors (Lipinski definition) is 2. The molecular formula is C11H11Cl2NO4. The number of methoxy groups -OCH3 is 1. The number of halogens is 2. The Morgan fingerprint density at radius 3 is 2.39 bits per heavy atom. The zero-order chi connectivity index (χ0) is 13.9. The Hall–Kier alpha value is -1.46. The quantitative estimate of drug-likeness (QED) is 0.892. The zero-order valence-electron chi connectivity index (χ0n) is 9.66. The van der Waals surface area contributed by atoms with Crippen molar-refractivity contribution in [2.45, 2.75) is 13.0 Å². The molecule has 2 N–H and O–H groups in total. The number of aliphatic carboxylic acids is 1. The lowest BCUT2D eigenvalue weighted by atomic mass is 10.1. The monoisotopic (exact) mass is 291 g/mol. The van der Waals surface area contributed by atoms with Crippen molar-refractivity contribution in [3.8, 4) is 5.75 Å². The summed E-state index contributed by atoms with van der Waals surface area (Å²) in [5.74, 6) is -1.51. The van der Waals surface area contributed by atoms with E-state index in [2.05, 4.69) is 5.32 Å². The topological polar surface area (TPSA) is 75.6 Å². The van der Waals surface area contributed by atoms with Crippen molar-refractivity contribution in [2.75, 3.05) is 7.11 Å². The van der Waals surface area contributed by atoms with Gasteiger partial charge in [-0.25, -0.2) is 0 Å². The van der Waals surface area contributed by atoms with Crippen molar-refractivity contribution in [2.24, 2.45) is 0 Å². The molecule has 0 aliphatic carbocycles. The lowest BCUT2D eigenvalue weighted by Gasteiger charge is -2.12. The van der Waals surface area contributed by atoms with Crippen LogP contribution in [-0.2, 0) is 4.79 Å². The lowest BCUT2D eigenvalue weighted by Crippen LogP contribution is -2.38. The molecule has 0 saturated heterocycles. The van der Waals surface area contributed by atoms with Crippen LogP contribution in [0.4, 0.5) is 0 Å². The number of carbonyl (C=O) groups is 2. The van der Waals surface area contributed by atoms with Crippen LogP contribution in [0, 0.1) is 0 Å². The molecule has 18 heavy (non-hydrogen) atoms. The van der Waals surface area contributed by atoms with E-state index in [1.807, 2.05) is 0 Å². The number of carboxylic acid groups (broad SMARTS) is 1. The van der Waals surface area contributed by atoms with Gasteiger partial charge in [0.25, 0.3) is 5.91 Å². The number of hydrogen-bond acceptors (Lipinski definition) is 3. The highest BCUT2D eigenvalue weighted by atomic mass is 35.5. The van der Waals surface area contributed by atoms with Gasteiger partial charge in [0, 0.05) is 6.07 Å². The van der Waals surface area contributed by atoms with Gasteiger partial charge in [-0.2, -0.15) is 0 Å². The summed E-state index contributed by atoms with van der Waals surface area (Å²) < 4.78 is 4.99. The van der Waals surface area contributed by atoms with Crippen LogP contribution in [0.3, 0.4) is 0 Å². The third-order valence-electron chi connectivity index (χ3n) is 2.21. The largest absolute Gasteiger partial charge is 0.496 e. The summed E-state index contributed by atoms with van der Waals surface area (Å²) >= 11 is 11.6. The van der Waals surface area contributed by atoms with E-state index in [9.17, 15) is 9.59 Å². The van der Waals surface area contributed by atoms with E-state index < -0.39 is 17.9 Å². The molecule has 1 rings (SSSR count). The fourth-order valence-corrected chi connectivity index (χ4v) is 1.53. The van der Waals surface area contributed by atoms with Crippen LogP contribution < -0.4 is 10.1 Å². The van der Waals surface area contributed by atoms with Gasteiger partial charge in [-0.3, -0.25) is 9.59 Å². The van der Waals surface area contributed by atoms with E-state index in [4.69, 9.17) is 33.0 Å². The number of carboxylic acids is 1. The molecule has 1 atom stereocenters. The Balaban J connectivity index is 3.05. The maximum atomic E-state index is 11.8. The Morgan fingerprint density at radius 2 is 1.89 bits per heavy atom. The number of nitrogens with one attached hydrogen (secondary N) is 1. The summed E-state index contributed by atoms with van der Waals surface area (Å²) in [6, 6.07) is 1.70. The second-order valence-electron chi connectivity index (χ2n) is 3.50. The van der Waals surface area contributed by atoms with Crippen LogP contribution in [0.2, 0.25) is 10.0 Å². The zero-order valence-corrected chi connectivity index (χ0v) is 11.2. The second kappa shape index (κ2) is 5.93. The highest BCUT2D eigenvalue weighted by molar-refractivity contribution is 6.42. The summed E-state index contributed by atoms with van der Waals surface area (Å²) in [4.78, 5) is 22.5. The predicted octanol–water partition coefficient (Wildman–Crippen LogP) is 2.20. The first-order valence-corrected chi connectivity index (χ1v) is 5.69. The number of amides is 1. The molecule has 1 unspecified atom stereocenters. The minimum Gasteiger partial charge on any atom is -0.496 e. The van der Waals surface area contributed by atoms with Gasteiger partial charge in [-0.05, 0) is 13.0 Å². The molecule has 0 spiro atoms. The van der Waals surface area contributed by atoms with E-state index in [1.165, 1.54) is 26.2 Å². The van der Waals surface area contributed by atoms with Gasteiger partial charge >= 0.3 is 5.97 Å². The van der Waals surface area contributed by atoms with Crippen LogP contribution in [0.5, 0.6) is 5.75 Å². The summed E-state index contributed by atoms with van der Waals surface area (Å²) in [7, 11) is 1.37. The molecule has 0 aliphatic heterocycles. The summed E-state index contributed by atoms with van der Waals surface area (Å²) in [5.41, 5.74) is 0.125. The number of carbonyl (C=O) groups excluding carboxylic acids is 1.